The van der Waals surface area contributed by atoms with Crippen molar-refractivity contribution < 1.29 is 8.42 Å². The normalized spacial score (nSPS) is 13.4. The molecule has 0 fully saturated rings. The summed E-state index contributed by atoms with van der Waals surface area (Å²) in [5.74, 6) is 0.0691. The second-order valence-electron chi connectivity index (χ2n) is 4.65. The van der Waals surface area contributed by atoms with Crippen LogP contribution in [0.1, 0.15) is 29.7 Å². The number of nitrogens with zero attached hydrogens (tertiary/aromatic N) is 1. The molecule has 0 amide bonds. The molecular formula is C13H19N3O2S3. The first-order chi connectivity index (χ1) is 10.0. The third kappa shape index (κ3) is 4.58. The molecule has 1 atom stereocenters. The minimum absolute atomic E-state index is 0.0691. The maximum atomic E-state index is 12.3. The van der Waals surface area contributed by atoms with E-state index in [9.17, 15) is 8.42 Å². The van der Waals surface area contributed by atoms with Crippen LogP contribution < -0.4 is 10.0 Å². The number of aromatic nitrogens is 1. The molecular weight excluding hydrogens is 326 g/mol. The molecule has 0 aromatic carbocycles. The first kappa shape index (κ1) is 16.6. The molecule has 21 heavy (non-hydrogen) atoms. The lowest BCUT2D eigenvalue weighted by molar-refractivity contribution is 0.575. The topological polar surface area (TPSA) is 71.1 Å². The van der Waals surface area contributed by atoms with Crippen molar-refractivity contribution >= 4 is 32.7 Å². The fourth-order valence-corrected chi connectivity index (χ4v) is 4.80. The van der Waals surface area contributed by atoms with Crippen LogP contribution in [0.2, 0.25) is 0 Å². The Morgan fingerprint density at radius 2 is 2.19 bits per heavy atom. The molecule has 0 aliphatic rings. The zero-order valence-electron chi connectivity index (χ0n) is 12.0. The smallest absolute Gasteiger partial charge is 0.241 e. The van der Waals surface area contributed by atoms with Gasteiger partial charge in [-0.1, -0.05) is 13.8 Å². The molecule has 1 unspecified atom stereocenters. The van der Waals surface area contributed by atoms with E-state index < -0.39 is 10.0 Å². The van der Waals surface area contributed by atoms with Crippen molar-refractivity contribution in [3.05, 3.63) is 32.9 Å². The molecule has 116 valence electrons. The van der Waals surface area contributed by atoms with Crippen molar-refractivity contribution in [2.24, 2.45) is 0 Å². The quantitative estimate of drug-likeness (QED) is 0.771. The Kier molecular flexibility index (Phi) is 5.88. The van der Waals surface area contributed by atoms with E-state index in [0.29, 0.717) is 18.0 Å². The van der Waals surface area contributed by atoms with Crippen molar-refractivity contribution in [2.45, 2.75) is 31.2 Å². The summed E-state index contributed by atoms with van der Waals surface area (Å²) in [7, 11) is -3.44. The Morgan fingerprint density at radius 1 is 1.38 bits per heavy atom. The standard InChI is InChI=1S/C13H19N3O2S3/c1-3-14-8-11-6-12(9-20-11)21(17,18)16-7-10(2)13-15-4-5-19-13/h4-6,9-10,14,16H,3,7-8H2,1-2H3. The summed E-state index contributed by atoms with van der Waals surface area (Å²) < 4.78 is 27.2. The Labute approximate surface area is 133 Å². The molecule has 0 bridgehead atoms. The third-order valence-corrected chi connectivity index (χ3v) is 6.44. The molecule has 0 aliphatic carbocycles. The number of sulfonamides is 1. The molecule has 5 nitrogen and oxygen atoms in total. The monoisotopic (exact) mass is 345 g/mol. The molecule has 0 aliphatic heterocycles. The predicted molar refractivity (Wildman–Crippen MR) is 87.4 cm³/mol. The fourth-order valence-electron chi connectivity index (χ4n) is 1.73. The zero-order chi connectivity index (χ0) is 15.3. The fraction of sp³-hybridized carbons (Fsp3) is 0.462. The van der Waals surface area contributed by atoms with Crippen LogP contribution in [0.25, 0.3) is 0 Å². The lowest BCUT2D eigenvalue weighted by Gasteiger charge is -2.09. The number of nitrogens with one attached hydrogen (secondary N) is 2. The molecule has 0 saturated carbocycles. The molecule has 8 heteroatoms. The Balaban J connectivity index is 1.96. The van der Waals surface area contributed by atoms with Gasteiger partial charge in [0.1, 0.15) is 0 Å². The van der Waals surface area contributed by atoms with Crippen LogP contribution in [-0.4, -0.2) is 26.5 Å². The van der Waals surface area contributed by atoms with Gasteiger partial charge < -0.3 is 5.32 Å². The van der Waals surface area contributed by atoms with Gasteiger partial charge in [-0.15, -0.1) is 22.7 Å². The van der Waals surface area contributed by atoms with Gasteiger partial charge in [0.2, 0.25) is 10.0 Å². The molecule has 2 N–H and O–H groups in total. The summed E-state index contributed by atoms with van der Waals surface area (Å²) in [5, 5.41) is 7.71. The summed E-state index contributed by atoms with van der Waals surface area (Å²) in [6.45, 7) is 5.91. The highest BCUT2D eigenvalue weighted by Crippen LogP contribution is 2.21. The summed E-state index contributed by atoms with van der Waals surface area (Å²) in [5.41, 5.74) is 0. The lowest BCUT2D eigenvalue weighted by Crippen LogP contribution is -2.27. The average Bonchev–Trinajstić information content (AvgIpc) is 3.13. The van der Waals surface area contributed by atoms with Crippen LogP contribution >= 0.6 is 22.7 Å². The molecule has 0 saturated heterocycles. The number of rotatable bonds is 8. The van der Waals surface area contributed by atoms with Crippen LogP contribution in [0.4, 0.5) is 0 Å². The summed E-state index contributed by atoms with van der Waals surface area (Å²) in [4.78, 5) is 5.56. The van der Waals surface area contributed by atoms with Crippen molar-refractivity contribution in [3.63, 3.8) is 0 Å². The summed E-state index contributed by atoms with van der Waals surface area (Å²) >= 11 is 2.99. The minimum Gasteiger partial charge on any atom is -0.312 e. The molecule has 0 radical (unpaired) electrons. The third-order valence-electron chi connectivity index (χ3n) is 2.94. The highest BCUT2D eigenvalue weighted by Gasteiger charge is 2.18. The van der Waals surface area contributed by atoms with Gasteiger partial charge >= 0.3 is 0 Å². The van der Waals surface area contributed by atoms with Crippen molar-refractivity contribution in [2.75, 3.05) is 13.1 Å². The lowest BCUT2D eigenvalue weighted by atomic mass is 10.2. The second-order valence-corrected chi connectivity index (χ2v) is 8.34. The van der Waals surface area contributed by atoms with Crippen LogP contribution in [0, 0.1) is 0 Å². The van der Waals surface area contributed by atoms with E-state index >= 15 is 0 Å². The highest BCUT2D eigenvalue weighted by molar-refractivity contribution is 7.89. The Hall–Kier alpha value is -0.800. The maximum Gasteiger partial charge on any atom is 0.241 e. The maximum absolute atomic E-state index is 12.3. The Morgan fingerprint density at radius 3 is 2.86 bits per heavy atom. The van der Waals surface area contributed by atoms with Crippen molar-refractivity contribution in [3.8, 4) is 0 Å². The van der Waals surface area contributed by atoms with Crippen LogP contribution in [0.5, 0.6) is 0 Å². The van der Waals surface area contributed by atoms with E-state index in [0.717, 1.165) is 16.4 Å². The number of hydrogen-bond donors (Lipinski definition) is 2. The second kappa shape index (κ2) is 7.46. The van der Waals surface area contributed by atoms with Gasteiger partial charge in [-0.2, -0.15) is 0 Å². The van der Waals surface area contributed by atoms with E-state index in [1.54, 1.807) is 17.6 Å². The predicted octanol–water partition coefficient (Wildman–Crippen LogP) is 2.40. The minimum atomic E-state index is -3.44. The van der Waals surface area contributed by atoms with Gasteiger partial charge in [0.05, 0.1) is 9.90 Å². The molecule has 2 heterocycles. The number of thiazole rings is 1. The molecule has 2 rings (SSSR count). The average molecular weight is 346 g/mol. The number of thiophene rings is 1. The van der Waals surface area contributed by atoms with Crippen molar-refractivity contribution in [1.82, 2.24) is 15.0 Å². The zero-order valence-corrected chi connectivity index (χ0v) is 14.4. The molecule has 0 spiro atoms. The van der Waals surface area contributed by atoms with E-state index in [-0.39, 0.29) is 5.92 Å². The number of hydrogen-bond acceptors (Lipinski definition) is 6. The van der Waals surface area contributed by atoms with Gasteiger partial charge in [0, 0.05) is 40.8 Å². The van der Waals surface area contributed by atoms with Crippen molar-refractivity contribution in [1.29, 1.82) is 0 Å². The van der Waals surface area contributed by atoms with Crippen LogP contribution in [-0.2, 0) is 16.6 Å². The summed E-state index contributed by atoms with van der Waals surface area (Å²) in [6.07, 6.45) is 1.73. The summed E-state index contributed by atoms with van der Waals surface area (Å²) in [6, 6.07) is 1.73. The first-order valence-corrected chi connectivity index (χ1v) is 9.94. The van der Waals surface area contributed by atoms with Gasteiger partial charge in [0.15, 0.2) is 0 Å². The van der Waals surface area contributed by atoms with Gasteiger partial charge in [-0.25, -0.2) is 18.1 Å². The largest absolute Gasteiger partial charge is 0.312 e. The van der Waals surface area contributed by atoms with Crippen LogP contribution in [0.15, 0.2) is 27.9 Å². The van der Waals surface area contributed by atoms with Gasteiger partial charge in [-0.05, 0) is 12.6 Å². The SMILES string of the molecule is CCNCc1cc(S(=O)(=O)NCC(C)c2nccs2)cs1. The molecule has 2 aromatic rings. The van der Waals surface area contributed by atoms with Crippen LogP contribution in [0.3, 0.4) is 0 Å². The van der Waals surface area contributed by atoms with E-state index in [1.807, 2.05) is 19.2 Å². The Bertz CT molecular complexity index is 650. The van der Waals surface area contributed by atoms with Gasteiger partial charge in [-0.3, -0.25) is 0 Å². The van der Waals surface area contributed by atoms with E-state index in [1.165, 1.54) is 22.7 Å². The van der Waals surface area contributed by atoms with E-state index in [2.05, 4.69) is 15.0 Å². The van der Waals surface area contributed by atoms with Gasteiger partial charge in [0.25, 0.3) is 0 Å². The first-order valence-electron chi connectivity index (χ1n) is 6.70. The highest BCUT2D eigenvalue weighted by atomic mass is 32.2. The van der Waals surface area contributed by atoms with E-state index in [4.69, 9.17) is 0 Å². The molecule has 2 aromatic heterocycles.